The Bertz CT molecular complexity index is 1210. The number of nitrogens with one attached hydrogen (secondary N) is 1. The summed E-state index contributed by atoms with van der Waals surface area (Å²) >= 11 is 13.0. The summed E-state index contributed by atoms with van der Waals surface area (Å²) in [5.74, 6) is -0.140. The first-order valence-electron chi connectivity index (χ1n) is 9.77. The number of aromatic nitrogens is 1. The molecule has 1 heterocycles. The van der Waals surface area contributed by atoms with Crippen molar-refractivity contribution in [1.82, 2.24) is 4.98 Å². The number of hydrogen-bond acceptors (Lipinski definition) is 3. The van der Waals surface area contributed by atoms with Crippen LogP contribution in [0.2, 0.25) is 10.0 Å². The van der Waals surface area contributed by atoms with Crippen molar-refractivity contribution in [2.45, 2.75) is 19.4 Å². The van der Waals surface area contributed by atoms with Crippen LogP contribution >= 0.6 is 23.2 Å². The molecule has 1 N–H and O–H groups in total. The Balaban J connectivity index is 1.66. The maximum absolute atomic E-state index is 11.4. The lowest BCUT2D eigenvalue weighted by Crippen LogP contribution is -2.14. The van der Waals surface area contributed by atoms with E-state index in [1.807, 2.05) is 61.7 Å². The summed E-state index contributed by atoms with van der Waals surface area (Å²) in [6.45, 7) is 2.06. The molecule has 0 saturated heterocycles. The highest BCUT2D eigenvalue weighted by Crippen LogP contribution is 2.39. The molecule has 0 unspecified atom stereocenters. The Morgan fingerprint density at radius 2 is 1.74 bits per heavy atom. The summed E-state index contributed by atoms with van der Waals surface area (Å²) in [5, 5.41) is 13.0. The lowest BCUT2D eigenvalue weighted by atomic mass is 9.91. The van der Waals surface area contributed by atoms with Gasteiger partial charge in [0.2, 0.25) is 6.54 Å². The van der Waals surface area contributed by atoms with Crippen molar-refractivity contribution in [3.05, 3.63) is 109 Å². The van der Waals surface area contributed by atoms with Crippen LogP contribution in [-0.4, -0.2) is 16.5 Å². The summed E-state index contributed by atoms with van der Waals surface area (Å²) in [7, 11) is 0. The fraction of sp³-hybridized carbons (Fsp3) is 0.167. The number of halogens is 2. The van der Waals surface area contributed by atoms with Crippen molar-refractivity contribution in [3.8, 4) is 5.75 Å². The normalized spacial score (nSPS) is 12.1. The summed E-state index contributed by atoms with van der Waals surface area (Å²) in [6.07, 6.45) is 1.81. The van der Waals surface area contributed by atoms with E-state index in [-0.39, 0.29) is 11.5 Å². The number of nitrogens with zero attached hydrogens (tertiary/aromatic N) is 1. The van der Waals surface area contributed by atoms with Crippen LogP contribution in [0.25, 0.3) is 10.9 Å². The van der Waals surface area contributed by atoms with Gasteiger partial charge in [-0.1, -0.05) is 71.2 Å². The van der Waals surface area contributed by atoms with Gasteiger partial charge in [0.15, 0.2) is 5.75 Å². The van der Waals surface area contributed by atoms with Gasteiger partial charge in [-0.05, 0) is 41.8 Å². The van der Waals surface area contributed by atoms with Gasteiger partial charge in [0.05, 0.1) is 16.0 Å². The first kappa shape index (κ1) is 21.2. The number of H-pyrrole nitrogens is 1. The quantitative estimate of drug-likeness (QED) is 0.247. The second-order valence-corrected chi connectivity index (χ2v) is 8.26. The predicted octanol–water partition coefficient (Wildman–Crippen LogP) is 6.77. The lowest BCUT2D eigenvalue weighted by Gasteiger charge is -2.17. The Morgan fingerprint density at radius 1 is 1.06 bits per heavy atom. The van der Waals surface area contributed by atoms with Crippen LogP contribution in [-0.2, 0) is 6.61 Å². The molecule has 4 rings (SSSR count). The molecule has 0 amide bonds. The van der Waals surface area contributed by atoms with Crippen molar-refractivity contribution < 1.29 is 9.66 Å². The zero-order valence-electron chi connectivity index (χ0n) is 16.8. The third-order valence-corrected chi connectivity index (χ3v) is 5.82. The van der Waals surface area contributed by atoms with Gasteiger partial charge >= 0.3 is 0 Å². The number of rotatable bonds is 7. The van der Waals surface area contributed by atoms with Crippen LogP contribution in [0.3, 0.4) is 0 Å². The van der Waals surface area contributed by atoms with Crippen LogP contribution in [0.5, 0.6) is 5.75 Å². The van der Waals surface area contributed by atoms with E-state index in [0.717, 1.165) is 22.0 Å². The van der Waals surface area contributed by atoms with Gasteiger partial charge in [-0.2, -0.15) is 0 Å². The number of para-hydroxylation sites is 1. The summed E-state index contributed by atoms with van der Waals surface area (Å²) in [6, 6.07) is 19.1. The molecule has 1 aromatic heterocycles. The number of aryl methyl sites for hydroxylation is 1. The van der Waals surface area contributed by atoms with Crippen LogP contribution in [0.4, 0.5) is 0 Å². The minimum atomic E-state index is -0.507. The Hall–Kier alpha value is -3.02. The van der Waals surface area contributed by atoms with Crippen molar-refractivity contribution in [2.24, 2.45) is 0 Å². The van der Waals surface area contributed by atoms with Crippen LogP contribution in [0, 0.1) is 17.0 Å². The third-order valence-electron chi connectivity index (χ3n) is 5.26. The highest BCUT2D eigenvalue weighted by Gasteiger charge is 2.25. The zero-order valence-corrected chi connectivity index (χ0v) is 18.3. The first-order chi connectivity index (χ1) is 14.9. The standard InChI is InChI=1S/C24H20Cl2N2O3/c1-15-6-8-16(9-7-15)14-31-24-21(25)10-17(11-22(24)26)20(13-28(29)30)19-12-27-23-5-3-2-4-18(19)23/h2-12,20,27H,13-14H2,1H3/t20-/m0/s1. The van der Waals surface area contributed by atoms with Gasteiger partial charge in [0.1, 0.15) is 6.61 Å². The van der Waals surface area contributed by atoms with E-state index < -0.39 is 5.92 Å². The Kier molecular flexibility index (Phi) is 6.16. The van der Waals surface area contributed by atoms with Gasteiger partial charge < -0.3 is 9.72 Å². The van der Waals surface area contributed by atoms with E-state index in [1.54, 1.807) is 12.1 Å². The van der Waals surface area contributed by atoms with E-state index in [2.05, 4.69) is 4.98 Å². The summed E-state index contributed by atoms with van der Waals surface area (Å²) in [5.41, 5.74) is 4.57. The highest BCUT2D eigenvalue weighted by molar-refractivity contribution is 6.37. The highest BCUT2D eigenvalue weighted by atomic mass is 35.5. The average molecular weight is 455 g/mol. The minimum absolute atomic E-state index is 0.280. The summed E-state index contributed by atoms with van der Waals surface area (Å²) < 4.78 is 5.87. The fourth-order valence-electron chi connectivity index (χ4n) is 3.67. The van der Waals surface area contributed by atoms with Crippen LogP contribution in [0.15, 0.2) is 66.9 Å². The Labute approximate surface area is 189 Å². The molecule has 0 radical (unpaired) electrons. The van der Waals surface area contributed by atoms with E-state index >= 15 is 0 Å². The van der Waals surface area contributed by atoms with Gasteiger partial charge in [-0.25, -0.2) is 0 Å². The minimum Gasteiger partial charge on any atom is -0.486 e. The molecule has 0 bridgehead atoms. The zero-order chi connectivity index (χ0) is 22.0. The van der Waals surface area contributed by atoms with Gasteiger partial charge in [-0.3, -0.25) is 10.1 Å². The molecule has 7 heteroatoms. The molecule has 158 valence electrons. The molecule has 31 heavy (non-hydrogen) atoms. The molecule has 0 aliphatic heterocycles. The molecule has 0 spiro atoms. The largest absolute Gasteiger partial charge is 0.486 e. The van der Waals surface area contributed by atoms with Crippen molar-refractivity contribution in [1.29, 1.82) is 0 Å². The number of nitro groups is 1. The van der Waals surface area contributed by atoms with Gasteiger partial charge in [0, 0.05) is 22.0 Å². The Morgan fingerprint density at radius 3 is 2.42 bits per heavy atom. The molecule has 1 atom stereocenters. The second kappa shape index (κ2) is 9.00. The number of aromatic amines is 1. The molecular weight excluding hydrogens is 435 g/mol. The predicted molar refractivity (Wildman–Crippen MR) is 124 cm³/mol. The number of ether oxygens (including phenoxy) is 1. The molecular formula is C24H20Cl2N2O3. The maximum Gasteiger partial charge on any atom is 0.214 e. The van der Waals surface area contributed by atoms with E-state index in [9.17, 15) is 10.1 Å². The third kappa shape index (κ3) is 4.68. The monoisotopic (exact) mass is 454 g/mol. The first-order valence-corrected chi connectivity index (χ1v) is 10.5. The number of fused-ring (bicyclic) bond motifs is 1. The second-order valence-electron chi connectivity index (χ2n) is 7.45. The van der Waals surface area contributed by atoms with E-state index in [0.29, 0.717) is 28.0 Å². The summed E-state index contributed by atoms with van der Waals surface area (Å²) in [4.78, 5) is 14.3. The van der Waals surface area contributed by atoms with Gasteiger partial charge in [-0.15, -0.1) is 0 Å². The van der Waals surface area contributed by atoms with Crippen molar-refractivity contribution in [3.63, 3.8) is 0 Å². The fourth-order valence-corrected chi connectivity index (χ4v) is 4.29. The number of hydrogen-bond donors (Lipinski definition) is 1. The van der Waals surface area contributed by atoms with Crippen LogP contribution in [0.1, 0.15) is 28.2 Å². The molecule has 0 aliphatic carbocycles. The van der Waals surface area contributed by atoms with Crippen molar-refractivity contribution in [2.75, 3.05) is 6.54 Å². The van der Waals surface area contributed by atoms with Gasteiger partial charge in [0.25, 0.3) is 0 Å². The lowest BCUT2D eigenvalue weighted by molar-refractivity contribution is -0.481. The smallest absolute Gasteiger partial charge is 0.214 e. The average Bonchev–Trinajstić information content (AvgIpc) is 3.16. The number of benzene rings is 3. The molecule has 0 saturated carbocycles. The SMILES string of the molecule is Cc1ccc(COc2c(Cl)cc([C@H](C[N+](=O)[O-])c3c[nH]c4ccccc34)cc2Cl)cc1. The van der Waals surface area contributed by atoms with Crippen LogP contribution < -0.4 is 4.74 Å². The van der Waals surface area contributed by atoms with E-state index in [4.69, 9.17) is 27.9 Å². The van der Waals surface area contributed by atoms with Crippen molar-refractivity contribution >= 4 is 34.1 Å². The molecule has 5 nitrogen and oxygen atoms in total. The molecule has 0 aliphatic rings. The maximum atomic E-state index is 11.4. The topological polar surface area (TPSA) is 68.2 Å². The molecule has 0 fully saturated rings. The molecule has 3 aromatic carbocycles. The molecule has 4 aromatic rings. The van der Waals surface area contributed by atoms with E-state index in [1.165, 1.54) is 5.56 Å².